The zero-order valence-corrected chi connectivity index (χ0v) is 9.06. The minimum Gasteiger partial charge on any atom is -0.507 e. The van der Waals surface area contributed by atoms with Crippen LogP contribution in [0.1, 0.15) is 24.2 Å². The summed E-state index contributed by atoms with van der Waals surface area (Å²) in [6.07, 6.45) is 1.27. The summed E-state index contributed by atoms with van der Waals surface area (Å²) in [5.41, 5.74) is 0.754. The van der Waals surface area contributed by atoms with E-state index in [9.17, 15) is 9.90 Å². The number of esters is 1. The van der Waals surface area contributed by atoms with E-state index in [-0.39, 0.29) is 17.4 Å². The Morgan fingerprint density at radius 3 is 2.88 bits per heavy atom. The first-order chi connectivity index (χ1) is 7.58. The van der Waals surface area contributed by atoms with Crippen LogP contribution in [0.5, 0.6) is 5.75 Å². The Morgan fingerprint density at radius 1 is 1.44 bits per heavy atom. The lowest BCUT2D eigenvalue weighted by Crippen LogP contribution is -2.11. The van der Waals surface area contributed by atoms with Gasteiger partial charge >= 0.3 is 5.97 Å². The van der Waals surface area contributed by atoms with Gasteiger partial charge in [0.25, 0.3) is 0 Å². The fourth-order valence-corrected chi connectivity index (χ4v) is 1.45. The number of ether oxygens (including phenoxy) is 1. The standard InChI is InChI=1S/C12H12O4/c1-7(2)16-12(14)8-5-10(13)9-3-4-15-11(9)6-8/h3-7,13H,1-2H3. The smallest absolute Gasteiger partial charge is 0.338 e. The van der Waals surface area contributed by atoms with Crippen LogP contribution >= 0.6 is 0 Å². The molecule has 0 unspecified atom stereocenters. The van der Waals surface area contributed by atoms with E-state index in [1.165, 1.54) is 12.3 Å². The molecule has 1 heterocycles. The number of benzene rings is 1. The Labute approximate surface area is 92.4 Å². The summed E-state index contributed by atoms with van der Waals surface area (Å²) in [6.45, 7) is 3.53. The molecule has 0 radical (unpaired) electrons. The zero-order valence-electron chi connectivity index (χ0n) is 9.06. The summed E-state index contributed by atoms with van der Waals surface area (Å²) in [5.74, 6) is -0.453. The molecule has 1 aromatic carbocycles. The number of hydrogen-bond acceptors (Lipinski definition) is 4. The average Bonchev–Trinajstić information content (AvgIpc) is 2.64. The molecule has 1 aromatic heterocycles. The van der Waals surface area contributed by atoms with Crippen molar-refractivity contribution in [1.29, 1.82) is 0 Å². The number of hydrogen-bond donors (Lipinski definition) is 1. The lowest BCUT2D eigenvalue weighted by molar-refractivity contribution is 0.0377. The number of carbonyl (C=O) groups excluding carboxylic acids is 1. The number of carbonyl (C=O) groups is 1. The number of phenolic OH excluding ortho intramolecular Hbond substituents is 1. The van der Waals surface area contributed by atoms with Gasteiger partial charge in [-0.2, -0.15) is 0 Å². The Kier molecular flexibility index (Phi) is 2.56. The highest BCUT2D eigenvalue weighted by Gasteiger charge is 2.13. The molecule has 0 amide bonds. The number of fused-ring (bicyclic) bond motifs is 1. The van der Waals surface area contributed by atoms with Crippen LogP contribution in [0.3, 0.4) is 0 Å². The second-order valence-electron chi connectivity index (χ2n) is 3.78. The summed E-state index contributed by atoms with van der Waals surface area (Å²) in [5, 5.41) is 10.2. The highest BCUT2D eigenvalue weighted by molar-refractivity contribution is 5.96. The highest BCUT2D eigenvalue weighted by Crippen LogP contribution is 2.27. The minimum atomic E-state index is -0.469. The van der Waals surface area contributed by atoms with Gasteiger partial charge < -0.3 is 14.3 Å². The maximum absolute atomic E-state index is 11.6. The van der Waals surface area contributed by atoms with Crippen molar-refractivity contribution in [2.45, 2.75) is 20.0 Å². The first-order valence-electron chi connectivity index (χ1n) is 4.99. The molecule has 2 rings (SSSR count). The number of aromatic hydroxyl groups is 1. The number of rotatable bonds is 2. The monoisotopic (exact) mass is 220 g/mol. The van der Waals surface area contributed by atoms with Crippen molar-refractivity contribution in [1.82, 2.24) is 0 Å². The Hall–Kier alpha value is -1.97. The van der Waals surface area contributed by atoms with Crippen LogP contribution in [0, 0.1) is 0 Å². The first-order valence-corrected chi connectivity index (χ1v) is 4.99. The largest absolute Gasteiger partial charge is 0.507 e. The van der Waals surface area contributed by atoms with E-state index in [4.69, 9.17) is 9.15 Å². The second-order valence-corrected chi connectivity index (χ2v) is 3.78. The van der Waals surface area contributed by atoms with Crippen LogP contribution in [-0.4, -0.2) is 17.2 Å². The summed E-state index contributed by atoms with van der Waals surface area (Å²) < 4.78 is 10.2. The van der Waals surface area contributed by atoms with E-state index >= 15 is 0 Å². The summed E-state index contributed by atoms with van der Waals surface area (Å²) in [7, 11) is 0. The molecule has 0 aliphatic carbocycles. The molecule has 4 nitrogen and oxygen atoms in total. The lowest BCUT2D eigenvalue weighted by atomic mass is 10.1. The van der Waals surface area contributed by atoms with Gasteiger partial charge in [-0.25, -0.2) is 4.79 Å². The molecule has 0 bridgehead atoms. The molecule has 84 valence electrons. The van der Waals surface area contributed by atoms with Crippen molar-refractivity contribution < 1.29 is 19.1 Å². The van der Waals surface area contributed by atoms with E-state index in [0.29, 0.717) is 11.0 Å². The molecule has 0 fully saturated rings. The van der Waals surface area contributed by atoms with E-state index in [0.717, 1.165) is 0 Å². The Balaban J connectivity index is 2.41. The van der Waals surface area contributed by atoms with E-state index in [1.54, 1.807) is 26.0 Å². The van der Waals surface area contributed by atoms with Crippen LogP contribution in [-0.2, 0) is 4.74 Å². The average molecular weight is 220 g/mol. The van der Waals surface area contributed by atoms with Crippen LogP contribution in [0.4, 0.5) is 0 Å². The Bertz CT molecular complexity index is 525. The highest BCUT2D eigenvalue weighted by atomic mass is 16.5. The molecule has 0 aliphatic rings. The SMILES string of the molecule is CC(C)OC(=O)c1cc(O)c2ccoc2c1. The summed E-state index contributed by atoms with van der Waals surface area (Å²) in [4.78, 5) is 11.6. The first kappa shape index (κ1) is 10.5. The van der Waals surface area contributed by atoms with E-state index in [1.807, 2.05) is 0 Å². The molecule has 0 spiro atoms. The van der Waals surface area contributed by atoms with Crippen molar-refractivity contribution in [3.63, 3.8) is 0 Å². The fourth-order valence-electron chi connectivity index (χ4n) is 1.45. The molecule has 16 heavy (non-hydrogen) atoms. The topological polar surface area (TPSA) is 59.7 Å². The lowest BCUT2D eigenvalue weighted by Gasteiger charge is -2.07. The fraction of sp³-hybridized carbons (Fsp3) is 0.250. The van der Waals surface area contributed by atoms with Crippen molar-refractivity contribution in [3.8, 4) is 5.75 Å². The molecular weight excluding hydrogens is 208 g/mol. The van der Waals surface area contributed by atoms with Gasteiger partial charge in [-0.15, -0.1) is 0 Å². The number of furan rings is 1. The third-order valence-corrected chi connectivity index (χ3v) is 2.13. The third-order valence-electron chi connectivity index (χ3n) is 2.13. The molecule has 0 aliphatic heterocycles. The second kappa shape index (κ2) is 3.89. The van der Waals surface area contributed by atoms with Crippen LogP contribution in [0.15, 0.2) is 28.9 Å². The molecule has 1 N–H and O–H groups in total. The number of phenols is 1. The molecule has 4 heteroatoms. The van der Waals surface area contributed by atoms with Gasteiger partial charge in [-0.1, -0.05) is 0 Å². The van der Waals surface area contributed by atoms with Crippen LogP contribution in [0.2, 0.25) is 0 Å². The van der Waals surface area contributed by atoms with Gasteiger partial charge in [0.05, 0.1) is 23.3 Å². The maximum Gasteiger partial charge on any atom is 0.338 e. The van der Waals surface area contributed by atoms with Gasteiger partial charge in [0.15, 0.2) is 0 Å². The normalized spacial score (nSPS) is 10.9. The van der Waals surface area contributed by atoms with Crippen molar-refractivity contribution in [2.24, 2.45) is 0 Å². The molecular formula is C12H12O4. The third kappa shape index (κ3) is 1.86. The van der Waals surface area contributed by atoms with Gasteiger partial charge in [-0.05, 0) is 32.0 Å². The zero-order chi connectivity index (χ0) is 11.7. The van der Waals surface area contributed by atoms with Crippen LogP contribution < -0.4 is 0 Å². The summed E-state index contributed by atoms with van der Waals surface area (Å²) in [6, 6.07) is 4.57. The van der Waals surface area contributed by atoms with Crippen molar-refractivity contribution >= 4 is 16.9 Å². The van der Waals surface area contributed by atoms with Gasteiger partial charge in [0.1, 0.15) is 11.3 Å². The van der Waals surface area contributed by atoms with Gasteiger partial charge in [-0.3, -0.25) is 0 Å². The molecule has 0 saturated carbocycles. The van der Waals surface area contributed by atoms with E-state index < -0.39 is 5.97 Å². The minimum absolute atomic E-state index is 0.0157. The molecule has 2 aromatic rings. The van der Waals surface area contributed by atoms with Gasteiger partial charge in [0.2, 0.25) is 0 Å². The van der Waals surface area contributed by atoms with E-state index in [2.05, 4.69) is 0 Å². The van der Waals surface area contributed by atoms with Gasteiger partial charge in [0, 0.05) is 0 Å². The predicted octanol–water partition coefficient (Wildman–Crippen LogP) is 2.70. The summed E-state index contributed by atoms with van der Waals surface area (Å²) >= 11 is 0. The van der Waals surface area contributed by atoms with Crippen molar-refractivity contribution in [3.05, 3.63) is 30.0 Å². The maximum atomic E-state index is 11.6. The molecule has 0 saturated heterocycles. The molecule has 0 atom stereocenters. The van der Waals surface area contributed by atoms with Crippen molar-refractivity contribution in [2.75, 3.05) is 0 Å². The Morgan fingerprint density at radius 2 is 2.19 bits per heavy atom. The van der Waals surface area contributed by atoms with Crippen LogP contribution in [0.25, 0.3) is 11.0 Å². The quantitative estimate of drug-likeness (QED) is 0.790. The predicted molar refractivity (Wildman–Crippen MR) is 58.4 cm³/mol.